The average Bonchev–Trinajstić information content (AvgIpc) is 3.22. The molecule has 1 N–H and O–H groups in total. The second kappa shape index (κ2) is 9.60. The Balaban J connectivity index is 0.00000123. The number of ketones is 1. The number of hydrogen-bond acceptors (Lipinski definition) is 3. The summed E-state index contributed by atoms with van der Waals surface area (Å²) in [6.07, 6.45) is 2.70. The molecular weight excluding hydrogens is 302 g/mol. The zero-order valence-corrected chi connectivity index (χ0v) is 16.8. The Labute approximate surface area is 147 Å². The molecule has 0 bridgehead atoms. The van der Waals surface area contributed by atoms with Gasteiger partial charge in [-0.05, 0) is 24.8 Å². The molecule has 3 atom stereocenters. The lowest BCUT2D eigenvalue weighted by Gasteiger charge is -2.29. The minimum absolute atomic E-state index is 0.000820. The molecule has 0 saturated heterocycles. The quantitative estimate of drug-likeness (QED) is 0.911. The first-order valence-electron chi connectivity index (χ1n) is 9.00. The van der Waals surface area contributed by atoms with E-state index in [2.05, 4.69) is 10.4 Å². The SMILES string of the molecule is CC.CC.CC(=O)C(NC(=O)C1CC1c1ccn(C)n1)C(C)(C)C. The van der Waals surface area contributed by atoms with E-state index in [4.69, 9.17) is 0 Å². The van der Waals surface area contributed by atoms with Crippen LogP contribution in [0.25, 0.3) is 0 Å². The van der Waals surface area contributed by atoms with Crippen LogP contribution in [0.1, 0.15) is 73.4 Å². The summed E-state index contributed by atoms with van der Waals surface area (Å²) in [5, 5.41) is 7.24. The first kappa shape index (κ1) is 22.4. The number of carbonyl (C=O) groups excluding carboxylic acids is 2. The van der Waals surface area contributed by atoms with Crippen LogP contribution in [-0.4, -0.2) is 27.5 Å². The highest BCUT2D eigenvalue weighted by atomic mass is 16.2. The minimum atomic E-state index is -0.431. The summed E-state index contributed by atoms with van der Waals surface area (Å²) in [5.41, 5.74) is 0.694. The zero-order chi connectivity index (χ0) is 19.1. The summed E-state index contributed by atoms with van der Waals surface area (Å²) in [6.45, 7) is 15.4. The normalized spacial score (nSPS) is 19.9. The van der Waals surface area contributed by atoms with Crippen LogP contribution in [0.15, 0.2) is 12.3 Å². The van der Waals surface area contributed by atoms with Crippen LogP contribution in [0.3, 0.4) is 0 Å². The molecule has 0 spiro atoms. The van der Waals surface area contributed by atoms with Crippen molar-refractivity contribution in [2.75, 3.05) is 0 Å². The number of nitrogens with one attached hydrogen (secondary N) is 1. The number of hydrogen-bond donors (Lipinski definition) is 1. The van der Waals surface area contributed by atoms with Gasteiger partial charge in [0.2, 0.25) is 5.91 Å². The van der Waals surface area contributed by atoms with Crippen molar-refractivity contribution in [2.45, 2.75) is 73.8 Å². The lowest BCUT2D eigenvalue weighted by atomic mass is 9.84. The number of carbonyl (C=O) groups is 2. The first-order chi connectivity index (χ1) is 11.2. The smallest absolute Gasteiger partial charge is 0.224 e. The number of amides is 1. The van der Waals surface area contributed by atoms with Crippen molar-refractivity contribution in [3.8, 4) is 0 Å². The molecule has 1 amide bonds. The van der Waals surface area contributed by atoms with Gasteiger partial charge in [0.05, 0.1) is 11.7 Å². The highest BCUT2D eigenvalue weighted by Gasteiger charge is 2.46. The fourth-order valence-electron chi connectivity index (χ4n) is 2.62. The number of aromatic nitrogens is 2. The second-order valence-electron chi connectivity index (χ2n) is 6.78. The number of rotatable bonds is 4. The number of nitrogens with zero attached hydrogens (tertiary/aromatic N) is 2. The highest BCUT2D eigenvalue weighted by Crippen LogP contribution is 2.47. The van der Waals surface area contributed by atoms with Gasteiger partial charge in [0.1, 0.15) is 0 Å². The van der Waals surface area contributed by atoms with Gasteiger partial charge in [-0.1, -0.05) is 48.5 Å². The van der Waals surface area contributed by atoms with Crippen LogP contribution in [0.4, 0.5) is 0 Å². The maximum Gasteiger partial charge on any atom is 0.224 e. The van der Waals surface area contributed by atoms with Crippen molar-refractivity contribution >= 4 is 11.7 Å². The van der Waals surface area contributed by atoms with E-state index in [0.717, 1.165) is 12.1 Å². The van der Waals surface area contributed by atoms with E-state index >= 15 is 0 Å². The molecule has 3 unspecified atom stereocenters. The predicted octanol–water partition coefficient (Wildman–Crippen LogP) is 3.70. The van der Waals surface area contributed by atoms with Gasteiger partial charge in [0, 0.05) is 25.1 Å². The predicted molar refractivity (Wildman–Crippen MR) is 98.8 cm³/mol. The third-order valence-corrected chi connectivity index (χ3v) is 3.80. The summed E-state index contributed by atoms with van der Waals surface area (Å²) < 4.78 is 1.75. The van der Waals surface area contributed by atoms with Gasteiger partial charge >= 0.3 is 0 Å². The van der Waals surface area contributed by atoms with E-state index in [1.165, 1.54) is 6.92 Å². The topological polar surface area (TPSA) is 64.0 Å². The lowest BCUT2D eigenvalue weighted by Crippen LogP contribution is -2.48. The Hall–Kier alpha value is -1.65. The second-order valence-corrected chi connectivity index (χ2v) is 6.78. The fraction of sp³-hybridized carbons (Fsp3) is 0.737. The van der Waals surface area contributed by atoms with E-state index in [1.54, 1.807) is 4.68 Å². The summed E-state index contributed by atoms with van der Waals surface area (Å²) in [4.78, 5) is 24.0. The highest BCUT2D eigenvalue weighted by molar-refractivity contribution is 5.90. The van der Waals surface area contributed by atoms with Gasteiger partial charge in [-0.15, -0.1) is 0 Å². The van der Waals surface area contributed by atoms with Crippen LogP contribution < -0.4 is 5.32 Å². The van der Waals surface area contributed by atoms with Gasteiger partial charge in [0.25, 0.3) is 0 Å². The molecule has 1 fully saturated rings. The van der Waals surface area contributed by atoms with Crippen molar-refractivity contribution < 1.29 is 9.59 Å². The molecule has 0 aliphatic heterocycles. The first-order valence-corrected chi connectivity index (χ1v) is 9.00. The minimum Gasteiger partial charge on any atom is -0.346 e. The molecule has 1 heterocycles. The molecule has 1 aliphatic rings. The standard InChI is InChI=1S/C15H23N3O2.2C2H6/c1-9(19)13(15(2,3)4)16-14(20)11-8-10(11)12-6-7-18(5)17-12;2*1-2/h6-7,10-11,13H,8H2,1-5H3,(H,16,20);2*1-2H3. The van der Waals surface area contributed by atoms with Crippen molar-refractivity contribution in [3.63, 3.8) is 0 Å². The number of Topliss-reactive ketones (excluding diaryl/α,β-unsaturated/α-hetero) is 1. The van der Waals surface area contributed by atoms with Gasteiger partial charge in [-0.25, -0.2) is 0 Å². The van der Waals surface area contributed by atoms with Gasteiger partial charge in [-0.2, -0.15) is 5.10 Å². The maximum absolute atomic E-state index is 12.3. The summed E-state index contributed by atoms with van der Waals surface area (Å²) in [7, 11) is 1.87. The van der Waals surface area contributed by atoms with E-state index in [-0.39, 0.29) is 28.9 Å². The lowest BCUT2D eigenvalue weighted by molar-refractivity contribution is -0.130. The van der Waals surface area contributed by atoms with Gasteiger partial charge in [-0.3, -0.25) is 14.3 Å². The Morgan fingerprint density at radius 3 is 2.17 bits per heavy atom. The third kappa shape index (κ3) is 6.10. The largest absolute Gasteiger partial charge is 0.346 e. The monoisotopic (exact) mass is 337 g/mol. The molecule has 5 heteroatoms. The van der Waals surface area contributed by atoms with Crippen molar-refractivity contribution in [1.82, 2.24) is 15.1 Å². The average molecular weight is 338 g/mol. The van der Waals surface area contributed by atoms with Gasteiger partial charge < -0.3 is 5.32 Å². The molecule has 24 heavy (non-hydrogen) atoms. The summed E-state index contributed by atoms with van der Waals surface area (Å²) in [6, 6.07) is 1.52. The maximum atomic E-state index is 12.3. The van der Waals surface area contributed by atoms with Gasteiger partial charge in [0.15, 0.2) is 5.78 Å². The molecule has 5 nitrogen and oxygen atoms in total. The number of aryl methyl sites for hydroxylation is 1. The molecule has 1 aromatic heterocycles. The van der Waals surface area contributed by atoms with Crippen molar-refractivity contribution in [2.24, 2.45) is 18.4 Å². The van der Waals surface area contributed by atoms with Crippen LogP contribution in [0, 0.1) is 11.3 Å². The van der Waals surface area contributed by atoms with Crippen LogP contribution in [0.5, 0.6) is 0 Å². The molecule has 0 aromatic carbocycles. The Bertz CT molecular complexity index is 529. The molecule has 1 saturated carbocycles. The summed E-state index contributed by atoms with van der Waals surface area (Å²) >= 11 is 0. The molecule has 2 rings (SSSR count). The van der Waals surface area contributed by atoms with Crippen LogP contribution in [-0.2, 0) is 16.6 Å². The molecule has 138 valence electrons. The molecule has 0 radical (unpaired) electrons. The Kier molecular flexibility index (Phi) is 8.94. The Morgan fingerprint density at radius 2 is 1.79 bits per heavy atom. The third-order valence-electron chi connectivity index (χ3n) is 3.80. The fourth-order valence-corrected chi connectivity index (χ4v) is 2.62. The molecule has 1 aliphatic carbocycles. The zero-order valence-electron chi connectivity index (χ0n) is 16.8. The van der Waals surface area contributed by atoms with E-state index in [0.29, 0.717) is 0 Å². The summed E-state index contributed by atoms with van der Waals surface area (Å²) in [5.74, 6) is 0.120. The van der Waals surface area contributed by atoms with Crippen molar-refractivity contribution in [1.29, 1.82) is 0 Å². The van der Waals surface area contributed by atoms with Crippen molar-refractivity contribution in [3.05, 3.63) is 18.0 Å². The molecule has 1 aromatic rings. The van der Waals surface area contributed by atoms with E-state index in [9.17, 15) is 9.59 Å². The van der Waals surface area contributed by atoms with E-state index in [1.807, 2.05) is 67.8 Å². The van der Waals surface area contributed by atoms with Crippen LogP contribution >= 0.6 is 0 Å². The van der Waals surface area contributed by atoms with E-state index < -0.39 is 6.04 Å². The Morgan fingerprint density at radius 1 is 1.25 bits per heavy atom. The van der Waals surface area contributed by atoms with Crippen LogP contribution in [0.2, 0.25) is 0 Å². The molecular formula is C19H35N3O2.